The number of aromatic amines is 2. The fourth-order valence-corrected chi connectivity index (χ4v) is 2.77. The number of urea groups is 1. The van der Waals surface area contributed by atoms with Crippen molar-refractivity contribution in [3.05, 3.63) is 41.7 Å². The van der Waals surface area contributed by atoms with Crippen molar-refractivity contribution in [3.8, 4) is 0 Å². The molecule has 0 bridgehead atoms. The molecule has 0 aliphatic carbocycles. The lowest BCUT2D eigenvalue weighted by Crippen LogP contribution is -2.20. The lowest BCUT2D eigenvalue weighted by Gasteiger charge is -2.08. The van der Waals surface area contributed by atoms with Crippen molar-refractivity contribution in [3.63, 3.8) is 0 Å². The average Bonchev–Trinajstić information content (AvgIpc) is 3.21. The van der Waals surface area contributed by atoms with E-state index in [9.17, 15) is 9.59 Å². The van der Waals surface area contributed by atoms with Crippen LogP contribution in [-0.4, -0.2) is 34.3 Å². The van der Waals surface area contributed by atoms with Gasteiger partial charge < -0.3 is 15.0 Å². The van der Waals surface area contributed by atoms with Crippen molar-refractivity contribution in [1.82, 2.24) is 15.2 Å². The molecule has 0 fully saturated rings. The Morgan fingerprint density at radius 2 is 2.04 bits per heavy atom. The first-order chi connectivity index (χ1) is 12.5. The van der Waals surface area contributed by atoms with E-state index < -0.39 is 12.0 Å². The predicted octanol–water partition coefficient (Wildman–Crippen LogP) is 3.52. The summed E-state index contributed by atoms with van der Waals surface area (Å²) in [7, 11) is 1.32. The van der Waals surface area contributed by atoms with Gasteiger partial charge in [0.1, 0.15) is 0 Å². The largest absolute Gasteiger partial charge is 0.465 e. The molecule has 26 heavy (non-hydrogen) atoms. The van der Waals surface area contributed by atoms with Crippen molar-refractivity contribution in [1.29, 1.82) is 0 Å². The number of anilines is 2. The highest BCUT2D eigenvalue weighted by molar-refractivity contribution is 6.07. The van der Waals surface area contributed by atoms with Gasteiger partial charge in [0.05, 0.1) is 12.7 Å². The maximum atomic E-state index is 12.2. The number of carbonyl (C=O) groups excluding carboxylic acids is 2. The molecule has 0 saturated heterocycles. The Bertz CT molecular complexity index is 941. The smallest absolute Gasteiger partial charge is 0.338 e. The van der Waals surface area contributed by atoms with Crippen LogP contribution in [0.1, 0.15) is 29.9 Å². The Hall–Kier alpha value is -3.29. The fraction of sp³-hybridized carbons (Fsp3) is 0.278. The monoisotopic (exact) mass is 355 g/mol. The molecule has 2 amide bonds. The minimum Gasteiger partial charge on any atom is -0.465 e. The molecule has 2 heterocycles. The zero-order chi connectivity index (χ0) is 18.7. The molecule has 0 radical (unpaired) electrons. The van der Waals surface area contributed by atoms with Gasteiger partial charge in [0, 0.05) is 34.5 Å². The molecule has 8 nitrogen and oxygen atoms in total. The SMILES string of the molecule is COC(=O)c1cc(NC(=O)Nc2cc(CC(C)C)[nH]n2)cc2[nH]ccc12. The van der Waals surface area contributed by atoms with E-state index in [4.69, 9.17) is 4.74 Å². The van der Waals surface area contributed by atoms with Gasteiger partial charge >= 0.3 is 12.0 Å². The maximum Gasteiger partial charge on any atom is 0.338 e. The summed E-state index contributed by atoms with van der Waals surface area (Å²) in [5.41, 5.74) is 2.52. The number of rotatable bonds is 5. The molecular formula is C18H21N5O3. The molecule has 4 N–H and O–H groups in total. The van der Waals surface area contributed by atoms with Gasteiger partial charge in [-0.3, -0.25) is 10.4 Å². The number of nitrogens with zero attached hydrogens (tertiary/aromatic N) is 1. The lowest BCUT2D eigenvalue weighted by molar-refractivity contribution is 0.0603. The van der Waals surface area contributed by atoms with Gasteiger partial charge in [-0.2, -0.15) is 5.10 Å². The van der Waals surface area contributed by atoms with E-state index in [0.717, 1.165) is 23.0 Å². The minimum absolute atomic E-state index is 0.375. The molecule has 0 aliphatic rings. The Labute approximate surface area is 150 Å². The van der Waals surface area contributed by atoms with Gasteiger partial charge in [-0.05, 0) is 30.5 Å². The molecule has 2 aromatic heterocycles. The number of hydrogen-bond donors (Lipinski definition) is 4. The van der Waals surface area contributed by atoms with Crippen molar-refractivity contribution in [2.24, 2.45) is 5.92 Å². The predicted molar refractivity (Wildman–Crippen MR) is 99.4 cm³/mol. The number of nitrogens with one attached hydrogen (secondary N) is 4. The summed E-state index contributed by atoms with van der Waals surface area (Å²) in [6, 6.07) is 6.46. The molecule has 3 aromatic rings. The number of esters is 1. The number of carbonyl (C=O) groups is 2. The van der Waals surface area contributed by atoms with Crippen molar-refractivity contribution < 1.29 is 14.3 Å². The van der Waals surface area contributed by atoms with Gasteiger partial charge in [0.2, 0.25) is 0 Å². The van der Waals surface area contributed by atoms with Crippen LogP contribution >= 0.6 is 0 Å². The molecule has 0 unspecified atom stereocenters. The van der Waals surface area contributed by atoms with E-state index in [2.05, 4.69) is 39.7 Å². The Kier molecular flexibility index (Phi) is 4.92. The van der Waals surface area contributed by atoms with Crippen molar-refractivity contribution in [2.45, 2.75) is 20.3 Å². The fourth-order valence-electron chi connectivity index (χ4n) is 2.77. The van der Waals surface area contributed by atoms with E-state index in [1.54, 1.807) is 30.5 Å². The third kappa shape index (κ3) is 3.85. The van der Waals surface area contributed by atoms with E-state index in [1.807, 2.05) is 0 Å². The Morgan fingerprint density at radius 1 is 1.23 bits per heavy atom. The molecule has 0 atom stereocenters. The average molecular weight is 355 g/mol. The Morgan fingerprint density at radius 3 is 2.77 bits per heavy atom. The highest BCUT2D eigenvalue weighted by Gasteiger charge is 2.14. The van der Waals surface area contributed by atoms with Crippen LogP contribution in [0.3, 0.4) is 0 Å². The number of fused-ring (bicyclic) bond motifs is 1. The second-order valence-corrected chi connectivity index (χ2v) is 6.41. The van der Waals surface area contributed by atoms with Gasteiger partial charge in [-0.1, -0.05) is 13.8 Å². The van der Waals surface area contributed by atoms with E-state index >= 15 is 0 Å². The molecule has 8 heteroatoms. The summed E-state index contributed by atoms with van der Waals surface area (Å²) < 4.78 is 4.81. The molecule has 136 valence electrons. The second kappa shape index (κ2) is 7.30. The second-order valence-electron chi connectivity index (χ2n) is 6.41. The van der Waals surface area contributed by atoms with Crippen LogP contribution in [0.4, 0.5) is 16.3 Å². The standard InChI is InChI=1S/C18H21N5O3/c1-10(2)6-12-9-16(23-22-12)21-18(25)20-11-7-14(17(24)26-3)13-4-5-19-15(13)8-11/h4-5,7-10,19H,6H2,1-3H3,(H3,20,21,22,23,25). The van der Waals surface area contributed by atoms with Crippen molar-refractivity contribution in [2.75, 3.05) is 17.7 Å². The first-order valence-electron chi connectivity index (χ1n) is 8.28. The summed E-state index contributed by atoms with van der Waals surface area (Å²) in [4.78, 5) is 27.2. The Balaban J connectivity index is 1.74. The number of benzene rings is 1. The number of hydrogen-bond acceptors (Lipinski definition) is 4. The summed E-state index contributed by atoms with van der Waals surface area (Å²) in [6.07, 6.45) is 2.57. The quantitative estimate of drug-likeness (QED) is 0.525. The topological polar surface area (TPSA) is 112 Å². The van der Waals surface area contributed by atoms with Crippen LogP contribution in [0.15, 0.2) is 30.5 Å². The number of ether oxygens (including phenoxy) is 1. The summed E-state index contributed by atoms with van der Waals surface area (Å²) in [5, 5.41) is 13.1. The van der Waals surface area contributed by atoms with Crippen LogP contribution in [-0.2, 0) is 11.2 Å². The normalized spacial score (nSPS) is 10.9. The molecule has 3 rings (SSSR count). The molecule has 0 aliphatic heterocycles. The summed E-state index contributed by atoms with van der Waals surface area (Å²) in [5.74, 6) is 0.456. The molecule has 0 spiro atoms. The first kappa shape index (κ1) is 17.5. The van der Waals surface area contributed by atoms with E-state index in [1.165, 1.54) is 7.11 Å². The lowest BCUT2D eigenvalue weighted by atomic mass is 10.1. The van der Waals surface area contributed by atoms with Gasteiger partial charge in [0.25, 0.3) is 0 Å². The van der Waals surface area contributed by atoms with Crippen molar-refractivity contribution >= 4 is 34.4 Å². The van der Waals surface area contributed by atoms with Crippen LogP contribution in [0.2, 0.25) is 0 Å². The molecular weight excluding hydrogens is 334 g/mol. The first-order valence-corrected chi connectivity index (χ1v) is 8.28. The third-order valence-corrected chi connectivity index (χ3v) is 3.83. The van der Waals surface area contributed by atoms with E-state index in [0.29, 0.717) is 23.0 Å². The number of aromatic nitrogens is 3. The van der Waals surface area contributed by atoms with Crippen LogP contribution in [0.5, 0.6) is 0 Å². The van der Waals surface area contributed by atoms with Gasteiger partial charge in [-0.25, -0.2) is 9.59 Å². The molecule has 0 saturated carbocycles. The van der Waals surface area contributed by atoms with Gasteiger partial charge in [-0.15, -0.1) is 0 Å². The minimum atomic E-state index is -0.468. The van der Waals surface area contributed by atoms with Crippen LogP contribution < -0.4 is 10.6 Å². The molecule has 1 aromatic carbocycles. The van der Waals surface area contributed by atoms with Crippen LogP contribution in [0.25, 0.3) is 10.9 Å². The number of amides is 2. The maximum absolute atomic E-state index is 12.2. The highest BCUT2D eigenvalue weighted by Crippen LogP contribution is 2.24. The number of H-pyrrole nitrogens is 2. The summed E-state index contributed by atoms with van der Waals surface area (Å²) >= 11 is 0. The zero-order valence-electron chi connectivity index (χ0n) is 14.8. The zero-order valence-corrected chi connectivity index (χ0v) is 14.8. The summed E-state index contributed by atoms with van der Waals surface area (Å²) in [6.45, 7) is 4.21. The third-order valence-electron chi connectivity index (χ3n) is 3.83. The van der Waals surface area contributed by atoms with Crippen LogP contribution in [0, 0.1) is 5.92 Å². The highest BCUT2D eigenvalue weighted by atomic mass is 16.5. The van der Waals surface area contributed by atoms with E-state index in [-0.39, 0.29) is 0 Å². The van der Waals surface area contributed by atoms with Gasteiger partial charge in [0.15, 0.2) is 5.82 Å². The number of methoxy groups -OCH3 is 1.